The van der Waals surface area contributed by atoms with Crippen molar-refractivity contribution in [1.82, 2.24) is 0 Å². The lowest BCUT2D eigenvalue weighted by Gasteiger charge is -2.19. The van der Waals surface area contributed by atoms with Crippen LogP contribution in [-0.2, 0) is 0 Å². The van der Waals surface area contributed by atoms with E-state index in [9.17, 15) is 0 Å². The summed E-state index contributed by atoms with van der Waals surface area (Å²) in [5.41, 5.74) is 6.65. The minimum atomic E-state index is -0.513. The summed E-state index contributed by atoms with van der Waals surface area (Å²) >= 11 is 0. The molecule has 0 atom stereocenters. The van der Waals surface area contributed by atoms with Crippen LogP contribution in [0, 0.1) is 0 Å². The van der Waals surface area contributed by atoms with Gasteiger partial charge in [0.15, 0.2) is 0 Å². The molecule has 0 aliphatic carbocycles. The lowest BCUT2D eigenvalue weighted by molar-refractivity contribution is 1.61. The molecular formula is C72H48. The van der Waals surface area contributed by atoms with Crippen LogP contribution in [0.5, 0.6) is 0 Å². The number of benzene rings is 14. The molecule has 336 valence electrons. The van der Waals surface area contributed by atoms with Crippen LogP contribution in [0.15, 0.2) is 291 Å². The second-order valence-electron chi connectivity index (χ2n) is 17.1. The van der Waals surface area contributed by atoms with E-state index >= 15 is 0 Å². The summed E-state index contributed by atoms with van der Waals surface area (Å²) in [7, 11) is 0. The van der Waals surface area contributed by atoms with E-state index in [-0.39, 0.29) is 91.8 Å². The number of fused-ring (bicyclic) bond motifs is 6. The molecule has 0 spiro atoms. The predicted molar refractivity (Wildman–Crippen MR) is 311 cm³/mol. The van der Waals surface area contributed by atoms with Crippen LogP contribution >= 0.6 is 0 Å². The van der Waals surface area contributed by atoms with Gasteiger partial charge in [-0.15, -0.1) is 0 Å². The summed E-state index contributed by atoms with van der Waals surface area (Å²) in [6.45, 7) is 0. The van der Waals surface area contributed by atoms with E-state index in [1.165, 1.54) is 0 Å². The van der Waals surface area contributed by atoms with Gasteiger partial charge in [-0.25, -0.2) is 0 Å². The molecule has 0 heteroatoms. The molecule has 0 saturated carbocycles. The Balaban J connectivity index is 0.000000169. The zero-order chi connectivity index (χ0) is 65.2. The zero-order valence-electron chi connectivity index (χ0n) is 58.2. The number of hydrogen-bond acceptors (Lipinski definition) is 0. The summed E-state index contributed by atoms with van der Waals surface area (Å²) in [5.74, 6) is 0. The molecular weight excluding hydrogens is 865 g/mol. The minimum Gasteiger partial charge on any atom is -0.0622 e. The maximum absolute atomic E-state index is 9.14. The van der Waals surface area contributed by atoms with E-state index in [0.29, 0.717) is 44.2 Å². The first-order valence-electron chi connectivity index (χ1n) is 33.3. The van der Waals surface area contributed by atoms with Crippen molar-refractivity contribution in [1.29, 1.82) is 0 Å². The summed E-state index contributed by atoms with van der Waals surface area (Å²) in [5, 5.41) is 5.31. The van der Waals surface area contributed by atoms with Crippen molar-refractivity contribution in [3.63, 3.8) is 0 Å². The average Bonchev–Trinajstić information content (AvgIpc) is 0.708. The standard InChI is InChI=1S/2C36H24/c2*1-2-11-25(12-3-1)26-21-23-28(24-22-26)35-31-16-6-8-18-33(31)36(34-19-9-7-17-32(34)35)30-20-10-14-27-13-4-5-15-29(27)30/h2*1-24H/i1D,2D,3D,4D,5D,10D,11D,12D,13D,14D,15D,20D;6D,7D,8D,9D,16D,17D,18D,19D. The van der Waals surface area contributed by atoms with Gasteiger partial charge in [0, 0.05) is 0 Å². The Morgan fingerprint density at radius 2 is 0.569 bits per heavy atom. The molecule has 0 fully saturated rings. The van der Waals surface area contributed by atoms with Crippen molar-refractivity contribution in [2.24, 2.45) is 0 Å². The smallest absolute Gasteiger partial charge is 0.0622 e. The Kier molecular flexibility index (Phi) is 6.83. The van der Waals surface area contributed by atoms with Crippen molar-refractivity contribution < 1.29 is 27.4 Å². The SMILES string of the molecule is [2H]c1c([2H])c([2H])c(-c2ccc(-c3c4ccccc4c(-c4c([2H])c([2H])c([2H])c5c([2H])c([2H])c([2H])c([2H])c45)c4ccccc34)cc2)c([2H])c1[2H].[2H]c1c([2H])c([2H])c2c(-c3cccc4ccccc34)c3c([2H])c([2H])c([2H])c([2H])c3c(-c3ccc(-c4ccccc4)cc3)c2c1[2H]. The molecule has 0 radical (unpaired) electrons. The van der Waals surface area contributed by atoms with Gasteiger partial charge in [0.2, 0.25) is 0 Å². The monoisotopic (exact) mass is 933 g/mol. The highest BCUT2D eigenvalue weighted by molar-refractivity contribution is 6.25. The molecule has 0 bridgehead atoms. The van der Waals surface area contributed by atoms with Crippen LogP contribution in [0.25, 0.3) is 131 Å². The first kappa shape index (κ1) is 26.6. The molecule has 14 rings (SSSR count). The van der Waals surface area contributed by atoms with Crippen molar-refractivity contribution in [3.05, 3.63) is 291 Å². The molecule has 0 unspecified atom stereocenters. The van der Waals surface area contributed by atoms with E-state index in [1.54, 1.807) is 12.1 Å². The van der Waals surface area contributed by atoms with Crippen LogP contribution in [0.2, 0.25) is 0 Å². The van der Waals surface area contributed by atoms with Gasteiger partial charge in [-0.2, -0.15) is 0 Å². The Morgan fingerprint density at radius 3 is 1.17 bits per heavy atom. The fourth-order valence-corrected chi connectivity index (χ4v) is 9.99. The molecule has 0 amide bonds. The highest BCUT2D eigenvalue weighted by Gasteiger charge is 2.20. The highest BCUT2D eigenvalue weighted by atomic mass is 14.2. The summed E-state index contributed by atoms with van der Waals surface area (Å²) < 4.78 is 172. The van der Waals surface area contributed by atoms with E-state index in [4.69, 9.17) is 27.4 Å². The molecule has 0 nitrogen and oxygen atoms in total. The largest absolute Gasteiger partial charge is 0.0629 e. The van der Waals surface area contributed by atoms with Gasteiger partial charge in [-0.05, 0) is 131 Å². The van der Waals surface area contributed by atoms with Crippen LogP contribution in [0.4, 0.5) is 0 Å². The third-order valence-electron chi connectivity index (χ3n) is 13.2. The molecule has 0 saturated heterocycles. The van der Waals surface area contributed by atoms with Crippen molar-refractivity contribution in [2.75, 3.05) is 0 Å². The van der Waals surface area contributed by atoms with Crippen LogP contribution in [0.1, 0.15) is 27.4 Å². The van der Waals surface area contributed by atoms with E-state index in [0.717, 1.165) is 43.8 Å². The van der Waals surface area contributed by atoms with Gasteiger partial charge in [-0.1, -0.05) is 291 Å². The van der Waals surface area contributed by atoms with E-state index < -0.39 is 72.5 Å². The molecule has 14 aromatic rings. The topological polar surface area (TPSA) is 0 Å². The second kappa shape index (κ2) is 18.5. The maximum Gasteiger partial charge on any atom is 0.0629 e. The van der Waals surface area contributed by atoms with Gasteiger partial charge in [0.25, 0.3) is 0 Å². The lowest BCUT2D eigenvalue weighted by atomic mass is 9.84. The molecule has 0 N–H and O–H groups in total. The van der Waals surface area contributed by atoms with Gasteiger partial charge in [0.1, 0.15) is 0 Å². The quantitative estimate of drug-likeness (QED) is 0.146. The second-order valence-corrected chi connectivity index (χ2v) is 17.1. The normalized spacial score (nSPS) is 15.2. The Morgan fingerprint density at radius 1 is 0.181 bits per heavy atom. The van der Waals surface area contributed by atoms with Gasteiger partial charge in [-0.3, -0.25) is 0 Å². The van der Waals surface area contributed by atoms with Gasteiger partial charge >= 0.3 is 0 Å². The van der Waals surface area contributed by atoms with E-state index in [1.807, 2.05) is 158 Å². The molecule has 0 aromatic heterocycles. The third-order valence-corrected chi connectivity index (χ3v) is 13.2. The first-order chi connectivity index (χ1) is 44.1. The van der Waals surface area contributed by atoms with Crippen molar-refractivity contribution >= 4 is 64.6 Å². The van der Waals surface area contributed by atoms with Crippen LogP contribution in [-0.4, -0.2) is 0 Å². The first-order valence-corrected chi connectivity index (χ1v) is 23.3. The third kappa shape index (κ3) is 7.58. The van der Waals surface area contributed by atoms with Crippen molar-refractivity contribution in [3.8, 4) is 66.8 Å². The number of rotatable bonds is 6. The fraction of sp³-hybridized carbons (Fsp3) is 0. The molecule has 0 heterocycles. The summed E-state index contributed by atoms with van der Waals surface area (Å²) in [6.07, 6.45) is 0. The lowest BCUT2D eigenvalue weighted by Crippen LogP contribution is -1.91. The predicted octanol–water partition coefficient (Wildman–Crippen LogP) is 20.3. The molecule has 0 aliphatic heterocycles. The molecule has 72 heavy (non-hydrogen) atoms. The van der Waals surface area contributed by atoms with Crippen LogP contribution in [0.3, 0.4) is 0 Å². The van der Waals surface area contributed by atoms with Gasteiger partial charge in [0.05, 0.1) is 27.4 Å². The fourth-order valence-electron chi connectivity index (χ4n) is 9.99. The van der Waals surface area contributed by atoms with Gasteiger partial charge < -0.3 is 0 Å². The molecule has 14 aromatic carbocycles. The average molecular weight is 933 g/mol. The molecule has 0 aliphatic rings. The Bertz CT molecular complexity index is 5320. The zero-order valence-corrected chi connectivity index (χ0v) is 38.2. The highest BCUT2D eigenvalue weighted by Crippen LogP contribution is 2.47. The van der Waals surface area contributed by atoms with Crippen LogP contribution < -0.4 is 0 Å². The Hall–Kier alpha value is -9.36. The maximum atomic E-state index is 9.14. The minimum absolute atomic E-state index is 0.0121. The van der Waals surface area contributed by atoms with Crippen molar-refractivity contribution in [2.45, 2.75) is 0 Å². The summed E-state index contributed by atoms with van der Waals surface area (Å²) in [4.78, 5) is 0. The van der Waals surface area contributed by atoms with E-state index in [2.05, 4.69) is 0 Å². The number of hydrogen-bond donors (Lipinski definition) is 0. The Labute approximate surface area is 448 Å². The summed E-state index contributed by atoms with van der Waals surface area (Å²) in [6, 6.07) is 45.0.